The molecule has 0 aliphatic heterocycles. The van der Waals surface area contributed by atoms with Gasteiger partial charge in [-0.05, 0) is 85.1 Å². The highest BCUT2D eigenvalue weighted by Gasteiger charge is 2.52. The Kier molecular flexibility index (Phi) is 7.52. The maximum Gasteiger partial charge on any atom is 0.302 e. The van der Waals surface area contributed by atoms with Crippen LogP contribution in [0.25, 0.3) is 0 Å². The van der Waals surface area contributed by atoms with Gasteiger partial charge in [0.25, 0.3) is 0 Å². The third-order valence-electron chi connectivity index (χ3n) is 9.00. The van der Waals surface area contributed by atoms with Gasteiger partial charge in [0, 0.05) is 12.3 Å². The Labute approximate surface area is 215 Å². The molecule has 4 nitrogen and oxygen atoms in total. The molecule has 5 rings (SSSR count). The van der Waals surface area contributed by atoms with E-state index in [0.29, 0.717) is 31.0 Å². The molecule has 0 bridgehead atoms. The van der Waals surface area contributed by atoms with Gasteiger partial charge in [0.05, 0.1) is 12.7 Å². The Morgan fingerprint density at radius 1 is 1.11 bits per heavy atom. The Morgan fingerprint density at radius 2 is 1.94 bits per heavy atom. The summed E-state index contributed by atoms with van der Waals surface area (Å²) in [4.78, 5) is 11.1. The zero-order chi connectivity index (χ0) is 25.1. The van der Waals surface area contributed by atoms with Gasteiger partial charge in [0.15, 0.2) is 0 Å². The van der Waals surface area contributed by atoms with Gasteiger partial charge in [-0.3, -0.25) is 4.79 Å². The molecule has 4 heteroatoms. The number of benzene rings is 2. The highest BCUT2D eigenvalue weighted by atomic mass is 16.5. The molecule has 1 fully saturated rings. The van der Waals surface area contributed by atoms with Crippen molar-refractivity contribution in [1.82, 2.24) is 0 Å². The minimum Gasteiger partial charge on any atom is -0.489 e. The summed E-state index contributed by atoms with van der Waals surface area (Å²) in [5, 5.41) is 10.9. The van der Waals surface area contributed by atoms with E-state index < -0.39 is 0 Å². The van der Waals surface area contributed by atoms with Crippen LogP contribution in [0.3, 0.4) is 0 Å². The predicted octanol–water partition coefficient (Wildman–Crippen LogP) is 6.75. The summed E-state index contributed by atoms with van der Waals surface area (Å²) in [7, 11) is 0. The second-order valence-electron chi connectivity index (χ2n) is 11.3. The van der Waals surface area contributed by atoms with Gasteiger partial charge in [-0.1, -0.05) is 67.8 Å². The lowest BCUT2D eigenvalue weighted by Gasteiger charge is -2.50. The van der Waals surface area contributed by atoms with E-state index in [-0.39, 0.29) is 17.5 Å². The van der Waals surface area contributed by atoms with Crippen molar-refractivity contribution in [3.63, 3.8) is 0 Å². The minimum absolute atomic E-state index is 0.0645. The molecule has 0 saturated heterocycles. The summed E-state index contributed by atoms with van der Waals surface area (Å²) >= 11 is 0. The predicted molar refractivity (Wildman–Crippen MR) is 142 cm³/mol. The summed E-state index contributed by atoms with van der Waals surface area (Å²) in [6.07, 6.45) is 10.5. The fourth-order valence-electron chi connectivity index (χ4n) is 7.08. The molecular formula is C32H40O4. The first-order chi connectivity index (χ1) is 17.5. The van der Waals surface area contributed by atoms with Crippen molar-refractivity contribution >= 4 is 5.97 Å². The molecule has 0 radical (unpaired) electrons. The van der Waals surface area contributed by atoms with E-state index in [2.05, 4.69) is 43.3 Å². The van der Waals surface area contributed by atoms with Gasteiger partial charge in [0.2, 0.25) is 0 Å². The van der Waals surface area contributed by atoms with Crippen molar-refractivity contribution in [3.8, 4) is 5.75 Å². The molecule has 2 aromatic rings. The average molecular weight is 489 g/mol. The molecule has 5 atom stereocenters. The topological polar surface area (TPSA) is 55.8 Å². The van der Waals surface area contributed by atoms with Crippen molar-refractivity contribution < 1.29 is 19.4 Å². The van der Waals surface area contributed by atoms with Gasteiger partial charge in [-0.2, -0.15) is 0 Å². The Hall–Kier alpha value is -2.59. The van der Waals surface area contributed by atoms with E-state index in [1.54, 1.807) is 0 Å². The summed E-state index contributed by atoms with van der Waals surface area (Å²) < 4.78 is 11.3. The number of carbonyl (C=O) groups is 1. The molecule has 0 spiro atoms. The molecular weight excluding hydrogens is 448 g/mol. The largest absolute Gasteiger partial charge is 0.489 e. The van der Waals surface area contributed by atoms with Crippen molar-refractivity contribution in [2.24, 2.45) is 17.3 Å². The average Bonchev–Trinajstić information content (AvgIpc) is 3.19. The number of esters is 1. The number of fused-ring (bicyclic) bond motifs is 5. The van der Waals surface area contributed by atoms with Crippen LogP contribution in [-0.4, -0.2) is 23.8 Å². The molecule has 3 aliphatic rings. The number of aliphatic hydroxyl groups excluding tert-OH is 1. The third-order valence-corrected chi connectivity index (χ3v) is 9.00. The zero-order valence-electron chi connectivity index (χ0n) is 21.7. The normalized spacial score (nSPS) is 28.5. The number of aliphatic hydroxyl groups is 1. The van der Waals surface area contributed by atoms with Crippen molar-refractivity contribution in [3.05, 3.63) is 76.9 Å². The molecule has 1 saturated carbocycles. The number of rotatable bonds is 9. The van der Waals surface area contributed by atoms with E-state index in [4.69, 9.17) is 9.47 Å². The first-order valence-corrected chi connectivity index (χ1v) is 13.8. The Bertz CT molecular complexity index is 1090. The van der Waals surface area contributed by atoms with E-state index in [0.717, 1.165) is 50.7 Å². The summed E-state index contributed by atoms with van der Waals surface area (Å²) in [5.74, 6) is 2.36. The van der Waals surface area contributed by atoms with Gasteiger partial charge in [0.1, 0.15) is 12.4 Å². The van der Waals surface area contributed by atoms with Gasteiger partial charge in [-0.15, -0.1) is 0 Å². The van der Waals surface area contributed by atoms with Crippen molar-refractivity contribution in [2.45, 2.75) is 83.8 Å². The highest BCUT2D eigenvalue weighted by molar-refractivity contribution is 5.65. The zero-order valence-corrected chi connectivity index (χ0v) is 21.7. The summed E-state index contributed by atoms with van der Waals surface area (Å²) in [6, 6.07) is 17.1. The summed E-state index contributed by atoms with van der Waals surface area (Å²) in [6.45, 7) is 4.87. The van der Waals surface area contributed by atoms with Crippen LogP contribution in [0.4, 0.5) is 0 Å². The Morgan fingerprint density at radius 3 is 2.75 bits per heavy atom. The molecule has 2 aromatic carbocycles. The fourth-order valence-corrected chi connectivity index (χ4v) is 7.08. The van der Waals surface area contributed by atoms with Crippen LogP contribution >= 0.6 is 0 Å². The lowest BCUT2D eigenvalue weighted by molar-refractivity contribution is -0.141. The lowest BCUT2D eigenvalue weighted by Crippen LogP contribution is -2.43. The molecule has 1 N–H and O–H groups in total. The second kappa shape index (κ2) is 10.8. The van der Waals surface area contributed by atoms with Crippen LogP contribution in [0.1, 0.15) is 81.4 Å². The van der Waals surface area contributed by atoms with E-state index in [1.807, 2.05) is 18.2 Å². The fraction of sp³-hybridized carbons (Fsp3) is 0.531. The molecule has 0 heterocycles. The SMILES string of the molecule is CC(=O)OCCCCC[C@@H]1Cc2cc(OCc3ccccc3)ccc2[C@H]2CC[C@@]3(C)C(=CC[C@@H]3O)[C@H]12. The van der Waals surface area contributed by atoms with Gasteiger partial charge < -0.3 is 14.6 Å². The van der Waals surface area contributed by atoms with Crippen LogP contribution < -0.4 is 4.74 Å². The quantitative estimate of drug-likeness (QED) is 0.241. The molecule has 0 unspecified atom stereocenters. The van der Waals surface area contributed by atoms with E-state index >= 15 is 0 Å². The van der Waals surface area contributed by atoms with Crippen LogP contribution in [0.2, 0.25) is 0 Å². The maximum absolute atomic E-state index is 11.1. The number of hydrogen-bond donors (Lipinski definition) is 1. The highest BCUT2D eigenvalue weighted by Crippen LogP contribution is 2.60. The van der Waals surface area contributed by atoms with E-state index in [9.17, 15) is 9.90 Å². The monoisotopic (exact) mass is 488 g/mol. The molecule has 0 amide bonds. The molecule has 0 aromatic heterocycles. The molecule has 192 valence electrons. The first kappa shape index (κ1) is 25.1. The van der Waals surface area contributed by atoms with Crippen molar-refractivity contribution in [2.75, 3.05) is 6.61 Å². The van der Waals surface area contributed by atoms with Gasteiger partial charge >= 0.3 is 5.97 Å². The van der Waals surface area contributed by atoms with Crippen LogP contribution in [0.5, 0.6) is 5.75 Å². The lowest BCUT2D eigenvalue weighted by atomic mass is 9.54. The van der Waals surface area contributed by atoms with Crippen molar-refractivity contribution in [1.29, 1.82) is 0 Å². The number of hydrogen-bond acceptors (Lipinski definition) is 4. The number of unbranched alkanes of at least 4 members (excludes halogenated alkanes) is 2. The number of ether oxygens (including phenoxy) is 2. The standard InChI is InChI=1S/C32H40O4/c1-22(33)35-18-8-4-7-11-24-19-25-20-26(36-21-23-9-5-3-6-10-23)12-13-27(25)28-16-17-32(2)29(31(24)28)14-15-30(32)34/h3,5-6,9-10,12-14,20,24,28,30-31,34H,4,7-8,11,15-19,21H2,1-2H3/t24-,28-,30+,31-,32+/m1/s1. The minimum atomic E-state index is -0.243. The van der Waals surface area contributed by atoms with E-state index in [1.165, 1.54) is 35.6 Å². The Balaban J connectivity index is 1.33. The molecule has 36 heavy (non-hydrogen) atoms. The second-order valence-corrected chi connectivity index (χ2v) is 11.3. The van der Waals surface area contributed by atoms with Crippen LogP contribution in [0, 0.1) is 17.3 Å². The third kappa shape index (κ3) is 5.11. The molecule has 3 aliphatic carbocycles. The van der Waals surface area contributed by atoms with Crippen LogP contribution in [-0.2, 0) is 22.6 Å². The number of carbonyl (C=O) groups excluding carboxylic acids is 1. The smallest absolute Gasteiger partial charge is 0.302 e. The van der Waals surface area contributed by atoms with Gasteiger partial charge in [-0.25, -0.2) is 0 Å². The first-order valence-electron chi connectivity index (χ1n) is 13.8. The maximum atomic E-state index is 11.1. The summed E-state index contributed by atoms with van der Waals surface area (Å²) in [5.41, 5.74) is 5.56. The van der Waals surface area contributed by atoms with Crippen LogP contribution in [0.15, 0.2) is 60.2 Å².